The minimum absolute atomic E-state index is 0.136. The van der Waals surface area contributed by atoms with E-state index < -0.39 is 17.7 Å². The van der Waals surface area contributed by atoms with Crippen molar-refractivity contribution in [2.24, 2.45) is 0 Å². The molecule has 8 nitrogen and oxygen atoms in total. The lowest BCUT2D eigenvalue weighted by molar-refractivity contribution is -0.127. The van der Waals surface area contributed by atoms with Gasteiger partial charge in [0.15, 0.2) is 0 Å². The summed E-state index contributed by atoms with van der Waals surface area (Å²) in [4.78, 5) is 37.4. The van der Waals surface area contributed by atoms with Crippen molar-refractivity contribution in [2.45, 2.75) is 56.3 Å². The first kappa shape index (κ1) is 29.6. The number of β-amino-alcohol motifs (C(OH)–C–C–N with tert-alkyl or cyclic N) is 1. The molecule has 9 heteroatoms. The van der Waals surface area contributed by atoms with Crippen molar-refractivity contribution in [3.63, 3.8) is 0 Å². The van der Waals surface area contributed by atoms with Crippen LogP contribution in [0.2, 0.25) is 0 Å². The molecule has 4 N–H and O–H groups in total. The topological polar surface area (TPSA) is 110 Å². The Labute approximate surface area is 251 Å². The number of fused-ring (bicyclic) bond motifs is 1. The highest BCUT2D eigenvalue weighted by Gasteiger charge is 2.33. The summed E-state index contributed by atoms with van der Waals surface area (Å²) < 4.78 is 0. The van der Waals surface area contributed by atoms with E-state index >= 15 is 0 Å². The van der Waals surface area contributed by atoms with Gasteiger partial charge in [0, 0.05) is 47.1 Å². The number of nitrogens with zero attached hydrogens (tertiary/aromatic N) is 2. The van der Waals surface area contributed by atoms with Crippen LogP contribution in [0.15, 0.2) is 90.1 Å². The Morgan fingerprint density at radius 3 is 2.52 bits per heavy atom. The fourth-order valence-electron chi connectivity index (χ4n) is 5.08. The minimum Gasteiger partial charge on any atom is -0.392 e. The zero-order valence-corrected chi connectivity index (χ0v) is 24.9. The van der Waals surface area contributed by atoms with Crippen molar-refractivity contribution in [3.8, 4) is 22.5 Å². The van der Waals surface area contributed by atoms with Crippen LogP contribution in [0.5, 0.6) is 0 Å². The summed E-state index contributed by atoms with van der Waals surface area (Å²) in [6.07, 6.45) is 3.23. The number of aromatic amines is 1. The Bertz CT molecular complexity index is 1520. The van der Waals surface area contributed by atoms with E-state index in [1.54, 1.807) is 29.8 Å². The van der Waals surface area contributed by atoms with Crippen LogP contribution < -0.4 is 15.5 Å². The predicted octanol–water partition coefficient (Wildman–Crippen LogP) is 5.01. The van der Waals surface area contributed by atoms with E-state index in [0.717, 1.165) is 38.7 Å². The smallest absolute Gasteiger partial charge is 0.250 e. The molecule has 2 atom stereocenters. The number of benzene rings is 3. The van der Waals surface area contributed by atoms with Crippen LogP contribution in [-0.4, -0.2) is 56.9 Å². The number of aliphatic hydroxyl groups excluding tert-OH is 1. The van der Waals surface area contributed by atoms with E-state index in [2.05, 4.69) is 38.8 Å². The van der Waals surface area contributed by atoms with Crippen LogP contribution in [0.1, 0.15) is 32.8 Å². The monoisotopic (exact) mass is 583 g/mol. The van der Waals surface area contributed by atoms with Crippen LogP contribution in [0.4, 0.5) is 5.69 Å². The van der Waals surface area contributed by atoms with Gasteiger partial charge in [0.2, 0.25) is 5.91 Å². The first-order valence-corrected chi connectivity index (χ1v) is 15.1. The molecule has 0 radical (unpaired) electrons. The van der Waals surface area contributed by atoms with Gasteiger partial charge >= 0.3 is 0 Å². The summed E-state index contributed by atoms with van der Waals surface area (Å²) in [5.41, 5.74) is 4.45. The maximum Gasteiger partial charge on any atom is 0.250 e. The Morgan fingerprint density at radius 2 is 1.81 bits per heavy atom. The van der Waals surface area contributed by atoms with Crippen LogP contribution in [0.25, 0.3) is 22.5 Å². The summed E-state index contributed by atoms with van der Waals surface area (Å²) in [5.74, 6) is 0.918. The molecule has 5 rings (SSSR count). The van der Waals surface area contributed by atoms with Gasteiger partial charge in [-0.2, -0.15) is 0 Å². The van der Waals surface area contributed by atoms with Gasteiger partial charge in [-0.1, -0.05) is 60.7 Å². The number of hydrogen-bond donors (Lipinski definition) is 4. The van der Waals surface area contributed by atoms with Crippen molar-refractivity contribution in [2.75, 3.05) is 17.2 Å². The van der Waals surface area contributed by atoms with E-state index in [1.807, 2.05) is 74.6 Å². The third-order valence-corrected chi connectivity index (χ3v) is 8.38. The van der Waals surface area contributed by atoms with Crippen LogP contribution in [0.3, 0.4) is 0 Å². The summed E-state index contributed by atoms with van der Waals surface area (Å²) in [7, 11) is 0. The molecule has 0 spiro atoms. The summed E-state index contributed by atoms with van der Waals surface area (Å²) in [6.45, 7) is 6.29. The third kappa shape index (κ3) is 7.10. The molecule has 42 heavy (non-hydrogen) atoms. The molecule has 1 aliphatic heterocycles. The summed E-state index contributed by atoms with van der Waals surface area (Å²) in [5, 5.41) is 15.8. The number of anilines is 1. The van der Waals surface area contributed by atoms with Crippen LogP contribution >= 0.6 is 11.8 Å². The number of hydrogen-bond acceptors (Lipinski definition) is 6. The van der Waals surface area contributed by atoms with Crippen molar-refractivity contribution in [1.82, 2.24) is 20.6 Å². The van der Waals surface area contributed by atoms with Gasteiger partial charge in [-0.05, 0) is 49.6 Å². The van der Waals surface area contributed by atoms with E-state index in [-0.39, 0.29) is 18.2 Å². The molecular weight excluding hydrogens is 546 g/mol. The van der Waals surface area contributed by atoms with E-state index in [9.17, 15) is 14.7 Å². The van der Waals surface area contributed by atoms with Crippen LogP contribution in [-0.2, 0) is 16.1 Å². The average Bonchev–Trinajstić information content (AvgIpc) is 3.48. The van der Waals surface area contributed by atoms with Gasteiger partial charge in [-0.25, -0.2) is 4.98 Å². The molecule has 218 valence electrons. The molecule has 0 unspecified atom stereocenters. The fraction of sp³-hybridized carbons (Fsp3) is 0.303. The Kier molecular flexibility index (Phi) is 9.11. The molecule has 3 aromatic carbocycles. The molecule has 0 saturated carbocycles. The number of aromatic nitrogens is 2. The van der Waals surface area contributed by atoms with Gasteiger partial charge in [0.05, 0.1) is 18.3 Å². The number of rotatable bonds is 10. The van der Waals surface area contributed by atoms with Crippen molar-refractivity contribution < 1.29 is 14.7 Å². The third-order valence-electron chi connectivity index (χ3n) is 7.23. The van der Waals surface area contributed by atoms with Gasteiger partial charge in [-0.15, -0.1) is 11.8 Å². The van der Waals surface area contributed by atoms with Crippen molar-refractivity contribution in [1.29, 1.82) is 0 Å². The number of nitrogens with one attached hydrogen (secondary N) is 3. The number of aliphatic hydroxyl groups is 1. The van der Waals surface area contributed by atoms with Crippen LogP contribution in [0, 0.1) is 0 Å². The predicted molar refractivity (Wildman–Crippen MR) is 168 cm³/mol. The molecule has 0 bridgehead atoms. The number of thioether (sulfide) groups is 1. The minimum atomic E-state index is -0.665. The Hall–Kier alpha value is -3.92. The molecule has 0 aliphatic carbocycles. The standard InChI is InChI=1S/C33H37N5O3S/c1-22(39)19-36-33(2,3)18-30(40)37-27-21-42-29-11-7-6-10-28(29)38(32(27)41)20-23-12-14-24(15-13-23)25-8-4-5-9-26(25)31-34-16-17-35-31/h4-17,22,27,36,39H,18-21H2,1-3H3,(H,34,35)(H,37,40)/t22-,27-/m1/s1. The van der Waals surface area contributed by atoms with Crippen molar-refractivity contribution >= 4 is 29.3 Å². The Morgan fingerprint density at radius 1 is 1.10 bits per heavy atom. The maximum atomic E-state index is 13.9. The second kappa shape index (κ2) is 12.9. The highest BCUT2D eigenvalue weighted by molar-refractivity contribution is 7.99. The Balaban J connectivity index is 1.34. The molecule has 0 saturated heterocycles. The number of amides is 2. The van der Waals surface area contributed by atoms with Gasteiger partial charge < -0.3 is 25.6 Å². The first-order chi connectivity index (χ1) is 20.2. The molecule has 4 aromatic rings. The second-order valence-electron chi connectivity index (χ2n) is 11.3. The lowest BCUT2D eigenvalue weighted by Gasteiger charge is -2.29. The maximum absolute atomic E-state index is 13.9. The molecular formula is C33H37N5O3S. The lowest BCUT2D eigenvalue weighted by Crippen LogP contribution is -2.52. The number of carbonyl (C=O) groups is 2. The largest absolute Gasteiger partial charge is 0.392 e. The number of H-pyrrole nitrogens is 1. The summed E-state index contributed by atoms with van der Waals surface area (Å²) in [6, 6.07) is 23.6. The van der Waals surface area contributed by atoms with E-state index in [1.165, 1.54) is 0 Å². The molecule has 2 amide bonds. The number of carbonyl (C=O) groups excluding carboxylic acids is 2. The fourth-order valence-corrected chi connectivity index (χ4v) is 6.15. The SMILES string of the molecule is C[C@@H](O)CNC(C)(C)CC(=O)N[C@@H]1CSc2ccccc2N(Cc2ccc(-c3ccccc3-c3ncc[nH]3)cc2)C1=O. The van der Waals surface area contributed by atoms with Gasteiger partial charge in [0.25, 0.3) is 5.91 Å². The second-order valence-corrected chi connectivity index (χ2v) is 12.4. The first-order valence-electron chi connectivity index (χ1n) is 14.1. The van der Waals surface area contributed by atoms with Crippen molar-refractivity contribution in [3.05, 3.63) is 90.8 Å². The molecule has 1 aliphatic rings. The lowest BCUT2D eigenvalue weighted by atomic mass is 9.98. The van der Waals surface area contributed by atoms with E-state index in [0.29, 0.717) is 18.8 Å². The summed E-state index contributed by atoms with van der Waals surface area (Å²) >= 11 is 1.58. The highest BCUT2D eigenvalue weighted by Crippen LogP contribution is 2.36. The highest BCUT2D eigenvalue weighted by atomic mass is 32.2. The zero-order valence-electron chi connectivity index (χ0n) is 24.1. The van der Waals surface area contributed by atoms with Gasteiger partial charge in [0.1, 0.15) is 11.9 Å². The number of imidazole rings is 1. The number of para-hydroxylation sites is 1. The molecule has 2 heterocycles. The quantitative estimate of drug-likeness (QED) is 0.209. The van der Waals surface area contributed by atoms with Gasteiger partial charge in [-0.3, -0.25) is 9.59 Å². The molecule has 0 fully saturated rings. The average molecular weight is 584 g/mol. The normalized spacial score (nSPS) is 16.0. The van der Waals surface area contributed by atoms with E-state index in [4.69, 9.17) is 0 Å². The zero-order chi connectivity index (χ0) is 29.7. The molecule has 1 aromatic heterocycles.